The molecule has 2 aliphatic carbocycles. The van der Waals surface area contributed by atoms with Crippen LogP contribution in [0.5, 0.6) is 0 Å². The number of hydrogen-bond donors (Lipinski definition) is 2. The molecule has 6 nitrogen and oxygen atoms in total. The van der Waals surface area contributed by atoms with Gasteiger partial charge in [0, 0.05) is 6.42 Å². The van der Waals surface area contributed by atoms with Crippen LogP contribution in [0.1, 0.15) is 64.7 Å². The van der Waals surface area contributed by atoms with Crippen molar-refractivity contribution in [1.29, 1.82) is 0 Å². The summed E-state index contributed by atoms with van der Waals surface area (Å²) in [4.78, 5) is 25.6. The topological polar surface area (TPSA) is 90.7 Å². The second kappa shape index (κ2) is 8.27. The third kappa shape index (κ3) is 3.71. The number of carbonyl (C=O) groups is 2. The summed E-state index contributed by atoms with van der Waals surface area (Å²) in [6.07, 6.45) is 11.2. The van der Waals surface area contributed by atoms with E-state index in [1.54, 1.807) is 6.92 Å². The summed E-state index contributed by atoms with van der Waals surface area (Å²) < 4.78 is 11.3. The minimum atomic E-state index is -0.595. The quantitative estimate of drug-likeness (QED) is 0.439. The van der Waals surface area contributed by atoms with E-state index in [9.17, 15) is 9.59 Å². The molecule has 2 heterocycles. The summed E-state index contributed by atoms with van der Waals surface area (Å²) in [6, 6.07) is 0. The van der Waals surface area contributed by atoms with Gasteiger partial charge < -0.3 is 20.5 Å². The minimum absolute atomic E-state index is 0.124. The van der Waals surface area contributed by atoms with Crippen LogP contribution in [0.2, 0.25) is 0 Å². The number of fused-ring (bicyclic) bond motifs is 1. The number of carbonyl (C=O) groups excluding carboxylic acids is 2. The first-order valence-electron chi connectivity index (χ1n) is 10.9. The lowest BCUT2D eigenvalue weighted by Gasteiger charge is -2.42. The summed E-state index contributed by atoms with van der Waals surface area (Å²) >= 11 is 0. The van der Waals surface area contributed by atoms with E-state index in [4.69, 9.17) is 15.2 Å². The molecule has 0 aromatic rings. The first kappa shape index (κ1) is 19.5. The monoisotopic (exact) mass is 388 g/mol. The smallest absolute Gasteiger partial charge is 0.312 e. The maximum absolute atomic E-state index is 13.3. The Morgan fingerprint density at radius 1 is 1.25 bits per heavy atom. The zero-order valence-corrected chi connectivity index (χ0v) is 16.7. The molecule has 0 spiro atoms. The van der Waals surface area contributed by atoms with Gasteiger partial charge in [-0.3, -0.25) is 9.59 Å². The summed E-state index contributed by atoms with van der Waals surface area (Å²) in [5.74, 6) is 0.178. The Balaban J connectivity index is 1.49. The van der Waals surface area contributed by atoms with Crippen LogP contribution in [0.25, 0.3) is 0 Å². The Labute approximate surface area is 166 Å². The lowest BCUT2D eigenvalue weighted by Crippen LogP contribution is -2.54. The number of ether oxygens (including phenoxy) is 2. The van der Waals surface area contributed by atoms with Crippen LogP contribution >= 0.6 is 0 Å². The number of Topliss-reactive ketones (excluding diaryl/α,β-unsaturated/α-hetero) is 1. The maximum atomic E-state index is 13.3. The Bertz CT molecular complexity index is 691. The highest BCUT2D eigenvalue weighted by Crippen LogP contribution is 2.42. The van der Waals surface area contributed by atoms with Gasteiger partial charge in [0.15, 0.2) is 11.7 Å². The lowest BCUT2D eigenvalue weighted by molar-refractivity contribution is -0.150. The summed E-state index contributed by atoms with van der Waals surface area (Å²) in [6.45, 7) is 2.08. The molecule has 0 amide bonds. The molecular formula is C22H32N2O4. The van der Waals surface area contributed by atoms with Crippen LogP contribution in [0.4, 0.5) is 0 Å². The molecule has 4 aliphatic rings. The van der Waals surface area contributed by atoms with Gasteiger partial charge in [-0.2, -0.15) is 0 Å². The van der Waals surface area contributed by atoms with E-state index < -0.39 is 12.1 Å². The molecule has 154 valence electrons. The molecule has 6 heteroatoms. The number of nitrogens with one attached hydrogen (secondary N) is 1. The number of nitrogens with two attached hydrogens (primary N) is 1. The van der Waals surface area contributed by atoms with Crippen molar-refractivity contribution in [2.24, 2.45) is 23.5 Å². The molecule has 4 rings (SSSR count). The molecule has 0 bridgehead atoms. The minimum Gasteiger partial charge on any atom is -0.474 e. The Morgan fingerprint density at radius 2 is 2.00 bits per heavy atom. The van der Waals surface area contributed by atoms with Crippen LogP contribution in [0, 0.1) is 17.8 Å². The van der Waals surface area contributed by atoms with Crippen molar-refractivity contribution in [3.05, 3.63) is 23.1 Å². The second-order valence-electron chi connectivity index (χ2n) is 8.57. The summed E-state index contributed by atoms with van der Waals surface area (Å²) in [7, 11) is 0. The largest absolute Gasteiger partial charge is 0.474 e. The van der Waals surface area contributed by atoms with Gasteiger partial charge in [-0.15, -0.1) is 0 Å². The predicted molar refractivity (Wildman–Crippen MR) is 105 cm³/mol. The van der Waals surface area contributed by atoms with Gasteiger partial charge in [0.2, 0.25) is 0 Å². The highest BCUT2D eigenvalue weighted by molar-refractivity contribution is 5.99. The van der Waals surface area contributed by atoms with Crippen molar-refractivity contribution in [1.82, 2.24) is 5.32 Å². The number of allylic oxidation sites excluding steroid dienone is 2. The zero-order chi connectivity index (χ0) is 19.7. The highest BCUT2D eigenvalue weighted by Gasteiger charge is 2.46. The van der Waals surface area contributed by atoms with Gasteiger partial charge in [-0.25, -0.2) is 0 Å². The maximum Gasteiger partial charge on any atom is 0.312 e. The van der Waals surface area contributed by atoms with E-state index in [2.05, 4.69) is 11.4 Å². The van der Waals surface area contributed by atoms with Gasteiger partial charge in [0.25, 0.3) is 0 Å². The molecule has 0 saturated heterocycles. The van der Waals surface area contributed by atoms with Crippen LogP contribution in [-0.2, 0) is 19.1 Å². The van der Waals surface area contributed by atoms with E-state index in [1.165, 1.54) is 44.1 Å². The normalized spacial score (nSPS) is 33.6. The SMILES string of the molecule is CCOC(=O)[C@H]1CC2=C(N[C@H]1N)O[C@@H]1CC=C(C3CCCCCC3)C[C@@H]1C2=O. The third-order valence-electron chi connectivity index (χ3n) is 6.82. The van der Waals surface area contributed by atoms with Crippen LogP contribution in [0.3, 0.4) is 0 Å². The fourth-order valence-corrected chi connectivity index (χ4v) is 5.23. The second-order valence-corrected chi connectivity index (χ2v) is 8.57. The number of rotatable bonds is 3. The van der Waals surface area contributed by atoms with Crippen molar-refractivity contribution in [2.45, 2.75) is 77.0 Å². The van der Waals surface area contributed by atoms with Crippen LogP contribution in [-0.4, -0.2) is 30.6 Å². The first-order valence-corrected chi connectivity index (χ1v) is 10.9. The molecule has 1 fully saturated rings. The van der Waals surface area contributed by atoms with Crippen molar-refractivity contribution in [2.75, 3.05) is 6.61 Å². The molecule has 0 radical (unpaired) electrons. The predicted octanol–water partition coefficient (Wildman–Crippen LogP) is 2.93. The fraction of sp³-hybridized carbons (Fsp3) is 0.727. The highest BCUT2D eigenvalue weighted by atomic mass is 16.5. The van der Waals surface area contributed by atoms with Crippen molar-refractivity contribution in [3.63, 3.8) is 0 Å². The number of ketones is 1. The van der Waals surface area contributed by atoms with E-state index in [0.29, 0.717) is 30.4 Å². The molecule has 28 heavy (non-hydrogen) atoms. The van der Waals surface area contributed by atoms with Gasteiger partial charge in [0.1, 0.15) is 6.10 Å². The lowest BCUT2D eigenvalue weighted by atomic mass is 9.73. The number of hydrogen-bond acceptors (Lipinski definition) is 6. The molecule has 0 aromatic heterocycles. The van der Waals surface area contributed by atoms with Crippen molar-refractivity contribution >= 4 is 11.8 Å². The Hall–Kier alpha value is -1.82. The summed E-state index contributed by atoms with van der Waals surface area (Å²) in [5, 5.41) is 3.05. The van der Waals surface area contributed by atoms with Crippen molar-refractivity contribution < 1.29 is 19.1 Å². The van der Waals surface area contributed by atoms with Gasteiger partial charge in [-0.1, -0.05) is 37.3 Å². The zero-order valence-electron chi connectivity index (χ0n) is 16.7. The molecule has 3 N–H and O–H groups in total. The Kier molecular flexibility index (Phi) is 5.76. The average molecular weight is 389 g/mol. The molecule has 0 aromatic carbocycles. The van der Waals surface area contributed by atoms with Gasteiger partial charge in [-0.05, 0) is 38.5 Å². The fourth-order valence-electron chi connectivity index (χ4n) is 5.23. The van der Waals surface area contributed by atoms with E-state index >= 15 is 0 Å². The third-order valence-corrected chi connectivity index (χ3v) is 6.82. The standard InChI is InChI=1S/C22H32N2O4/c1-2-27-22(26)17-12-16-19(25)15-11-14(13-7-5-3-4-6-8-13)9-10-18(15)28-21(16)24-20(17)23/h9,13,15,17-18,20,24H,2-8,10-12,23H2,1H3/t15-,17-,18+,20+/m0/s1. The molecule has 2 aliphatic heterocycles. The molecule has 0 unspecified atom stereocenters. The first-order chi connectivity index (χ1) is 13.6. The summed E-state index contributed by atoms with van der Waals surface area (Å²) in [5.41, 5.74) is 8.15. The van der Waals surface area contributed by atoms with E-state index in [1.807, 2.05) is 0 Å². The number of esters is 1. The average Bonchev–Trinajstić information content (AvgIpc) is 2.97. The van der Waals surface area contributed by atoms with Crippen molar-refractivity contribution in [3.8, 4) is 0 Å². The van der Waals surface area contributed by atoms with E-state index in [-0.39, 0.29) is 23.8 Å². The van der Waals surface area contributed by atoms with Gasteiger partial charge >= 0.3 is 5.97 Å². The molecule has 1 saturated carbocycles. The van der Waals surface area contributed by atoms with Crippen LogP contribution in [0.15, 0.2) is 23.1 Å². The van der Waals surface area contributed by atoms with Gasteiger partial charge in [0.05, 0.1) is 30.2 Å². The molecule has 4 atom stereocenters. The van der Waals surface area contributed by atoms with Crippen LogP contribution < -0.4 is 11.1 Å². The Morgan fingerprint density at radius 3 is 2.71 bits per heavy atom. The van der Waals surface area contributed by atoms with E-state index in [0.717, 1.165) is 12.8 Å². The molecular weight excluding hydrogens is 356 g/mol.